The predicted molar refractivity (Wildman–Crippen MR) is 202 cm³/mol. The molecule has 10 aromatic rings. The first-order valence-corrected chi connectivity index (χ1v) is 15.4. The average Bonchev–Trinajstić information content (AvgIpc) is 3.65. The number of rotatable bonds is 5. The Morgan fingerprint density at radius 3 is 1.65 bits per heavy atom. The van der Waals surface area contributed by atoms with Crippen molar-refractivity contribution < 1.29 is 19.2 Å². The second kappa shape index (κ2) is 11.0. The van der Waals surface area contributed by atoms with Crippen LogP contribution in [0.3, 0.4) is 0 Å². The van der Waals surface area contributed by atoms with Gasteiger partial charge < -0.3 is 4.57 Å². The summed E-state index contributed by atoms with van der Waals surface area (Å²) in [6, 6.07) is 17.1. The van der Waals surface area contributed by atoms with Gasteiger partial charge in [-0.1, -0.05) is 139 Å². The van der Waals surface area contributed by atoms with Crippen LogP contribution in [0.25, 0.3) is 94.3 Å². The van der Waals surface area contributed by atoms with Crippen molar-refractivity contribution in [2.45, 2.75) is 0 Å². The fourth-order valence-electron chi connectivity index (χ4n) is 6.47. The molecular weight excluding hydrogens is 597 g/mol. The maximum Gasteiger partial charge on any atom is 0.164 e. The fourth-order valence-corrected chi connectivity index (χ4v) is 6.47. The van der Waals surface area contributed by atoms with Crippen LogP contribution in [0.2, 0.25) is 0 Å². The van der Waals surface area contributed by atoms with Crippen LogP contribution in [0.1, 0.15) is 19.2 Å². The van der Waals surface area contributed by atoms with Gasteiger partial charge in [0.25, 0.3) is 0 Å². The third-order valence-electron chi connectivity index (χ3n) is 8.63. The van der Waals surface area contributed by atoms with E-state index in [4.69, 9.17) is 25.9 Å². The van der Waals surface area contributed by atoms with E-state index in [0.717, 1.165) is 15.7 Å². The highest BCUT2D eigenvalue weighted by Crippen LogP contribution is 2.46. The van der Waals surface area contributed by atoms with Gasteiger partial charge in [0, 0.05) is 38.5 Å². The summed E-state index contributed by atoms with van der Waals surface area (Å²) in [4.78, 5) is 14.6. The summed E-state index contributed by atoms with van der Waals surface area (Å²) in [7, 11) is 0. The van der Waals surface area contributed by atoms with E-state index in [1.165, 1.54) is 0 Å². The molecule has 2 heterocycles. The van der Waals surface area contributed by atoms with Crippen LogP contribution in [-0.2, 0) is 0 Å². The lowest BCUT2D eigenvalue weighted by Crippen LogP contribution is -2.01. The molecule has 0 radical (unpaired) electrons. The molecule has 0 aliphatic carbocycles. The van der Waals surface area contributed by atoms with Gasteiger partial charge in [0.15, 0.2) is 17.5 Å². The van der Waals surface area contributed by atoms with Gasteiger partial charge in [-0.3, -0.25) is 0 Å². The molecule has 8 aromatic carbocycles. The number of hydrogen-bond acceptors (Lipinski definition) is 3. The zero-order valence-electron chi connectivity index (χ0n) is 39.4. The van der Waals surface area contributed by atoms with Crippen LogP contribution < -0.4 is 0 Å². The summed E-state index contributed by atoms with van der Waals surface area (Å²) in [5, 5.41) is -0.715. The minimum Gasteiger partial charge on any atom is -0.309 e. The summed E-state index contributed by atoms with van der Waals surface area (Å²) in [6.07, 6.45) is 0. The molecule has 0 unspecified atom stereocenters. The minimum atomic E-state index is -0.730. The monoisotopic (exact) mass is 638 g/mol. The molecule has 0 fully saturated rings. The van der Waals surface area contributed by atoms with Gasteiger partial charge in [0.2, 0.25) is 0 Å². The second-order valence-corrected chi connectivity index (χ2v) is 11.4. The third kappa shape index (κ3) is 4.35. The summed E-state index contributed by atoms with van der Waals surface area (Å²) < 4.78 is 128. The zero-order valence-corrected chi connectivity index (χ0v) is 25.4. The molecule has 4 heteroatoms. The Kier molecular flexibility index (Phi) is 3.79. The first-order chi connectivity index (χ1) is 30.1. The second-order valence-electron chi connectivity index (χ2n) is 11.4. The molecule has 0 atom stereocenters. The van der Waals surface area contributed by atoms with Crippen molar-refractivity contribution >= 4 is 43.4 Å². The van der Waals surface area contributed by atoms with Gasteiger partial charge in [-0.05, 0) is 57.5 Å². The van der Waals surface area contributed by atoms with Crippen molar-refractivity contribution in [3.05, 3.63) is 170 Å². The SMILES string of the molecule is [2H]c1c([2H])c([2H])c(-n2c3c([2H])c([2H])c([2H])c4c5c([2H])c([2H])c([2H])c([2H])c5c5c(-c6nc(-c7ccccc7)nc(-c7ccc(-c8ccccc8)cc7)n6)c([2H])c([2H])c2c5c43)c([2H])c1[2H]. The van der Waals surface area contributed by atoms with Crippen molar-refractivity contribution in [1.29, 1.82) is 0 Å². The van der Waals surface area contributed by atoms with Crippen molar-refractivity contribution in [2.75, 3.05) is 0 Å². The van der Waals surface area contributed by atoms with Crippen LogP contribution >= 0.6 is 0 Å². The molecule has 0 saturated carbocycles. The number of benzene rings is 8. The molecule has 0 spiro atoms. The molecular formula is C45H28N4. The van der Waals surface area contributed by atoms with Gasteiger partial charge >= 0.3 is 0 Å². The van der Waals surface area contributed by atoms with E-state index in [0.29, 0.717) is 11.1 Å². The molecule has 10 rings (SSSR count). The van der Waals surface area contributed by atoms with Crippen molar-refractivity contribution in [2.24, 2.45) is 0 Å². The number of hydrogen-bond donors (Lipinski definition) is 0. The van der Waals surface area contributed by atoms with E-state index in [2.05, 4.69) is 0 Å². The number of aromatic nitrogens is 4. The lowest BCUT2D eigenvalue weighted by molar-refractivity contribution is 1.08. The first kappa shape index (κ1) is 17.0. The van der Waals surface area contributed by atoms with Crippen LogP contribution in [0.4, 0.5) is 0 Å². The van der Waals surface area contributed by atoms with E-state index in [-0.39, 0.29) is 66.4 Å². The number of nitrogens with zero attached hydrogens (tertiary/aromatic N) is 4. The average molecular weight is 639 g/mol. The van der Waals surface area contributed by atoms with Crippen LogP contribution in [-0.4, -0.2) is 19.5 Å². The van der Waals surface area contributed by atoms with Crippen LogP contribution in [0.5, 0.6) is 0 Å². The van der Waals surface area contributed by atoms with Crippen molar-refractivity contribution in [3.8, 4) is 51.0 Å². The lowest BCUT2D eigenvalue weighted by atomic mass is 9.91. The first-order valence-electron chi connectivity index (χ1n) is 22.4. The molecule has 4 nitrogen and oxygen atoms in total. The maximum atomic E-state index is 9.80. The van der Waals surface area contributed by atoms with Gasteiger partial charge in [-0.2, -0.15) is 0 Å². The summed E-state index contributed by atoms with van der Waals surface area (Å²) in [6.45, 7) is 0. The molecule has 2 aromatic heterocycles. The molecule has 228 valence electrons. The molecule has 0 amide bonds. The van der Waals surface area contributed by atoms with Gasteiger partial charge in [-0.15, -0.1) is 0 Å². The summed E-state index contributed by atoms with van der Waals surface area (Å²) >= 11 is 0. The largest absolute Gasteiger partial charge is 0.309 e. The highest BCUT2D eigenvalue weighted by Gasteiger charge is 2.23. The van der Waals surface area contributed by atoms with Gasteiger partial charge in [0.05, 0.1) is 30.2 Å². The molecule has 0 aliphatic rings. The quantitative estimate of drug-likeness (QED) is 0.176. The highest BCUT2D eigenvalue weighted by molar-refractivity contribution is 6.36. The van der Waals surface area contributed by atoms with Crippen molar-refractivity contribution in [3.63, 3.8) is 0 Å². The third-order valence-corrected chi connectivity index (χ3v) is 8.63. The summed E-state index contributed by atoms with van der Waals surface area (Å²) in [5.74, 6) is 0.196. The standard InChI is InChI=1S/C45H28N4/c1-4-13-29(14-5-1)30-23-25-32(26-24-30)44-46-43(31-15-6-2-7-16-31)47-45(48-44)37-27-28-39-42-40(37)35-20-11-10-19-34(35)36-21-12-22-38(41(36)42)49(39)33-17-8-3-9-18-33/h1-28H/i3D,8D,9D,10D,11D,12D,17D,18D,19D,20D,21D,22D,27D,28D. The zero-order chi connectivity index (χ0) is 44.5. The number of para-hydroxylation sites is 1. The maximum absolute atomic E-state index is 9.80. The molecule has 0 aliphatic heterocycles. The molecule has 49 heavy (non-hydrogen) atoms. The number of fused-ring (bicyclic) bond motifs is 3. The Morgan fingerprint density at radius 1 is 0.388 bits per heavy atom. The molecule has 0 N–H and O–H groups in total. The van der Waals surface area contributed by atoms with Crippen LogP contribution in [0, 0.1) is 0 Å². The van der Waals surface area contributed by atoms with E-state index in [9.17, 15) is 8.22 Å². The smallest absolute Gasteiger partial charge is 0.164 e. The van der Waals surface area contributed by atoms with Crippen molar-refractivity contribution in [1.82, 2.24) is 19.5 Å². The topological polar surface area (TPSA) is 43.6 Å². The Balaban J connectivity index is 1.44. The Bertz CT molecular complexity index is 3570. The Hall–Kier alpha value is -6.65. The Morgan fingerprint density at radius 2 is 0.918 bits per heavy atom. The predicted octanol–water partition coefficient (Wildman–Crippen LogP) is 11.4. The molecule has 0 saturated heterocycles. The van der Waals surface area contributed by atoms with Gasteiger partial charge in [0.1, 0.15) is 0 Å². The van der Waals surface area contributed by atoms with E-state index >= 15 is 0 Å². The summed E-state index contributed by atoms with van der Waals surface area (Å²) in [5.41, 5.74) is 1.87. The fraction of sp³-hybridized carbons (Fsp3) is 0. The molecule has 0 bridgehead atoms. The normalized spacial score (nSPS) is 15.7. The van der Waals surface area contributed by atoms with E-state index in [1.807, 2.05) is 60.7 Å². The minimum absolute atomic E-state index is 0.0159. The van der Waals surface area contributed by atoms with E-state index in [1.54, 1.807) is 24.3 Å². The lowest BCUT2D eigenvalue weighted by Gasteiger charge is -2.14. The van der Waals surface area contributed by atoms with E-state index < -0.39 is 90.3 Å². The highest BCUT2D eigenvalue weighted by atomic mass is 15.0. The van der Waals surface area contributed by atoms with Gasteiger partial charge in [-0.25, -0.2) is 15.0 Å². The Labute approximate surface area is 302 Å². The van der Waals surface area contributed by atoms with Crippen LogP contribution in [0.15, 0.2) is 170 Å².